The van der Waals surface area contributed by atoms with Crippen LogP contribution in [0.5, 0.6) is 5.75 Å². The van der Waals surface area contributed by atoms with Crippen molar-refractivity contribution in [2.75, 3.05) is 6.54 Å². The van der Waals surface area contributed by atoms with Crippen LogP contribution in [-0.4, -0.2) is 36.9 Å². The molecular formula is C20H30IN3O2. The topological polar surface area (TPSA) is 54.9 Å². The van der Waals surface area contributed by atoms with E-state index in [-0.39, 0.29) is 24.0 Å². The van der Waals surface area contributed by atoms with E-state index in [9.17, 15) is 0 Å². The van der Waals surface area contributed by atoms with Crippen LogP contribution in [-0.2, 0) is 11.3 Å². The first-order valence-electron chi connectivity index (χ1n) is 9.76. The smallest absolute Gasteiger partial charge is 0.191 e. The minimum Gasteiger partial charge on any atom is -0.490 e. The van der Waals surface area contributed by atoms with Crippen LogP contribution in [0.25, 0.3) is 0 Å². The Hall–Kier alpha value is -1.02. The van der Waals surface area contributed by atoms with Crippen LogP contribution in [0.3, 0.4) is 0 Å². The van der Waals surface area contributed by atoms with Crippen LogP contribution in [0, 0.1) is 0 Å². The van der Waals surface area contributed by atoms with Gasteiger partial charge in [0.25, 0.3) is 0 Å². The standard InChI is InChI=1S/C20H29N3O2.HI/c1-2-21-20(23-17-12-16-10-11-19(17)25-16)22-13-14-6-3-4-9-18(14)24-15-7-5-8-15;/h3-4,6,9,15-17,19H,2,5,7-8,10-13H2,1H3,(H2,21,22,23);1H. The Bertz CT molecular complexity index is 621. The van der Waals surface area contributed by atoms with Gasteiger partial charge in [0.1, 0.15) is 5.75 Å². The second kappa shape index (κ2) is 9.26. The van der Waals surface area contributed by atoms with Crippen LogP contribution >= 0.6 is 24.0 Å². The van der Waals surface area contributed by atoms with Gasteiger partial charge in [-0.2, -0.15) is 0 Å². The molecule has 2 aliphatic heterocycles. The molecule has 4 rings (SSSR count). The summed E-state index contributed by atoms with van der Waals surface area (Å²) in [5.41, 5.74) is 1.15. The maximum atomic E-state index is 6.12. The number of aliphatic imine (C=N–C) groups is 1. The van der Waals surface area contributed by atoms with E-state index in [4.69, 9.17) is 14.5 Å². The van der Waals surface area contributed by atoms with Gasteiger partial charge in [-0.1, -0.05) is 18.2 Å². The molecule has 0 amide bonds. The molecule has 1 aliphatic carbocycles. The number of guanidine groups is 1. The molecule has 1 saturated carbocycles. The van der Waals surface area contributed by atoms with Crippen molar-refractivity contribution in [2.45, 2.75) is 76.3 Å². The minimum atomic E-state index is 0. The van der Waals surface area contributed by atoms with Crippen molar-refractivity contribution in [3.8, 4) is 5.75 Å². The van der Waals surface area contributed by atoms with Crippen molar-refractivity contribution in [3.63, 3.8) is 0 Å². The maximum Gasteiger partial charge on any atom is 0.191 e. The van der Waals surface area contributed by atoms with Crippen molar-refractivity contribution in [1.29, 1.82) is 0 Å². The van der Waals surface area contributed by atoms with Gasteiger partial charge in [0.15, 0.2) is 5.96 Å². The monoisotopic (exact) mass is 471 g/mol. The zero-order valence-electron chi connectivity index (χ0n) is 15.4. The summed E-state index contributed by atoms with van der Waals surface area (Å²) in [6, 6.07) is 8.66. The predicted octanol–water partition coefficient (Wildman–Crippen LogP) is 3.61. The number of ether oxygens (including phenoxy) is 2. The molecule has 0 radical (unpaired) electrons. The van der Waals surface area contributed by atoms with Gasteiger partial charge in [0.2, 0.25) is 0 Å². The second-order valence-corrected chi connectivity index (χ2v) is 7.33. The molecule has 2 saturated heterocycles. The lowest BCUT2D eigenvalue weighted by Gasteiger charge is -2.27. The van der Waals surface area contributed by atoms with Gasteiger partial charge < -0.3 is 20.1 Å². The Morgan fingerprint density at radius 1 is 1.23 bits per heavy atom. The van der Waals surface area contributed by atoms with Gasteiger partial charge in [-0.05, 0) is 51.5 Å². The van der Waals surface area contributed by atoms with Gasteiger partial charge >= 0.3 is 0 Å². The number of halogens is 1. The summed E-state index contributed by atoms with van der Waals surface area (Å²) in [5, 5.41) is 6.94. The first-order chi connectivity index (χ1) is 12.3. The van der Waals surface area contributed by atoms with Gasteiger partial charge in [-0.3, -0.25) is 0 Å². The van der Waals surface area contributed by atoms with Gasteiger partial charge in [-0.15, -0.1) is 24.0 Å². The molecular weight excluding hydrogens is 441 g/mol. The number of hydrogen-bond donors (Lipinski definition) is 2. The third-order valence-electron chi connectivity index (χ3n) is 5.50. The average molecular weight is 471 g/mol. The number of nitrogens with zero attached hydrogens (tertiary/aromatic N) is 1. The summed E-state index contributed by atoms with van der Waals surface area (Å²) in [6.07, 6.45) is 8.29. The van der Waals surface area contributed by atoms with Crippen molar-refractivity contribution in [2.24, 2.45) is 4.99 Å². The SMILES string of the molecule is CCNC(=NCc1ccccc1OC1CCC1)NC1CC2CCC1O2.I. The summed E-state index contributed by atoms with van der Waals surface area (Å²) >= 11 is 0. The highest BCUT2D eigenvalue weighted by atomic mass is 127. The molecule has 0 aromatic heterocycles. The number of benzene rings is 1. The summed E-state index contributed by atoms with van der Waals surface area (Å²) in [5.74, 6) is 1.86. The molecule has 3 fully saturated rings. The molecule has 3 atom stereocenters. The van der Waals surface area contributed by atoms with Gasteiger partial charge in [0, 0.05) is 12.1 Å². The van der Waals surface area contributed by atoms with Crippen molar-refractivity contribution in [1.82, 2.24) is 10.6 Å². The van der Waals surface area contributed by atoms with E-state index in [2.05, 4.69) is 35.8 Å². The van der Waals surface area contributed by atoms with E-state index >= 15 is 0 Å². The first kappa shape index (κ1) is 19.7. The molecule has 3 aliphatic rings. The Morgan fingerprint density at radius 2 is 2.08 bits per heavy atom. The summed E-state index contributed by atoms with van der Waals surface area (Å²) in [4.78, 5) is 4.80. The van der Waals surface area contributed by atoms with Crippen molar-refractivity contribution < 1.29 is 9.47 Å². The molecule has 3 unspecified atom stereocenters. The highest BCUT2D eigenvalue weighted by Crippen LogP contribution is 2.34. The van der Waals surface area contributed by atoms with E-state index in [0.29, 0.717) is 30.9 Å². The molecule has 144 valence electrons. The fraction of sp³-hybridized carbons (Fsp3) is 0.650. The maximum absolute atomic E-state index is 6.12. The molecule has 2 bridgehead atoms. The van der Waals surface area contributed by atoms with Crippen LogP contribution in [0.15, 0.2) is 29.3 Å². The van der Waals surface area contributed by atoms with E-state index in [1.165, 1.54) is 32.1 Å². The number of para-hydroxylation sites is 1. The third-order valence-corrected chi connectivity index (χ3v) is 5.50. The minimum absolute atomic E-state index is 0. The fourth-order valence-corrected chi connectivity index (χ4v) is 3.87. The average Bonchev–Trinajstić information content (AvgIpc) is 3.20. The van der Waals surface area contributed by atoms with Crippen LogP contribution in [0.2, 0.25) is 0 Å². The predicted molar refractivity (Wildman–Crippen MR) is 114 cm³/mol. The second-order valence-electron chi connectivity index (χ2n) is 7.33. The lowest BCUT2D eigenvalue weighted by molar-refractivity contribution is 0.0992. The largest absolute Gasteiger partial charge is 0.490 e. The Labute approximate surface area is 173 Å². The highest BCUT2D eigenvalue weighted by molar-refractivity contribution is 14.0. The molecule has 26 heavy (non-hydrogen) atoms. The number of rotatable bonds is 6. The number of fused-ring (bicyclic) bond motifs is 2. The zero-order chi connectivity index (χ0) is 17.1. The fourth-order valence-electron chi connectivity index (χ4n) is 3.87. The molecule has 1 aromatic rings. The van der Waals surface area contributed by atoms with E-state index in [1.54, 1.807) is 0 Å². The van der Waals surface area contributed by atoms with Crippen molar-refractivity contribution >= 4 is 29.9 Å². The molecule has 0 spiro atoms. The zero-order valence-corrected chi connectivity index (χ0v) is 17.8. The lowest BCUT2D eigenvalue weighted by atomic mass is 9.96. The Balaban J connectivity index is 0.00000196. The van der Waals surface area contributed by atoms with Crippen LogP contribution in [0.4, 0.5) is 0 Å². The normalized spacial score (nSPS) is 27.6. The van der Waals surface area contributed by atoms with Crippen molar-refractivity contribution in [3.05, 3.63) is 29.8 Å². The summed E-state index contributed by atoms with van der Waals surface area (Å²) < 4.78 is 12.1. The van der Waals surface area contributed by atoms with Crippen LogP contribution < -0.4 is 15.4 Å². The van der Waals surface area contributed by atoms with E-state index < -0.39 is 0 Å². The summed E-state index contributed by atoms with van der Waals surface area (Å²) in [7, 11) is 0. The molecule has 1 aromatic carbocycles. The van der Waals surface area contributed by atoms with E-state index in [0.717, 1.165) is 30.2 Å². The Kier molecular flexibility index (Phi) is 7.03. The van der Waals surface area contributed by atoms with E-state index in [1.807, 2.05) is 6.07 Å². The number of hydrogen-bond acceptors (Lipinski definition) is 3. The molecule has 2 N–H and O–H groups in total. The lowest BCUT2D eigenvalue weighted by Crippen LogP contribution is -2.47. The van der Waals surface area contributed by atoms with Crippen LogP contribution in [0.1, 0.15) is 51.0 Å². The third kappa shape index (κ3) is 4.63. The molecule has 5 nitrogen and oxygen atoms in total. The Morgan fingerprint density at radius 3 is 2.73 bits per heavy atom. The highest BCUT2D eigenvalue weighted by Gasteiger charge is 2.41. The van der Waals surface area contributed by atoms with Gasteiger partial charge in [0.05, 0.1) is 30.9 Å². The number of nitrogens with one attached hydrogen (secondary N) is 2. The quantitative estimate of drug-likeness (QED) is 0.378. The van der Waals surface area contributed by atoms with Gasteiger partial charge in [-0.25, -0.2) is 4.99 Å². The molecule has 6 heteroatoms. The molecule has 2 heterocycles. The summed E-state index contributed by atoms with van der Waals surface area (Å²) in [6.45, 7) is 3.58. The first-order valence-corrected chi connectivity index (χ1v) is 9.76.